The minimum absolute atomic E-state index is 0.00281. The van der Waals surface area contributed by atoms with Crippen LogP contribution in [0.2, 0.25) is 0 Å². The van der Waals surface area contributed by atoms with Crippen molar-refractivity contribution >= 4 is 28.8 Å². The van der Waals surface area contributed by atoms with E-state index in [2.05, 4.69) is 15.6 Å². The third-order valence-electron chi connectivity index (χ3n) is 7.61. The number of likely N-dealkylation sites (tertiary alicyclic amines) is 1. The molecule has 2 aromatic carbocycles. The number of hydrogen-bond acceptors (Lipinski definition) is 8. The molecule has 0 aliphatic carbocycles. The number of thiazole rings is 1. The number of aryl methyl sites for hydroxylation is 1. The first kappa shape index (κ1) is 27.9. The molecule has 2 saturated heterocycles. The average Bonchev–Trinajstić information content (AvgIpc) is 3.74. The topological polar surface area (TPSA) is 138 Å². The van der Waals surface area contributed by atoms with Crippen molar-refractivity contribution in [2.75, 3.05) is 13.1 Å². The highest BCUT2D eigenvalue weighted by molar-refractivity contribution is 7.09. The Morgan fingerprint density at radius 3 is 2.65 bits per heavy atom. The molecule has 2 amide bonds. The molecule has 0 spiro atoms. The lowest BCUT2D eigenvalue weighted by molar-refractivity contribution is -0.384. The van der Waals surface area contributed by atoms with Crippen molar-refractivity contribution in [3.8, 4) is 0 Å². The summed E-state index contributed by atoms with van der Waals surface area (Å²) in [6, 6.07) is 12.3. The van der Waals surface area contributed by atoms with E-state index in [-0.39, 0.29) is 34.8 Å². The van der Waals surface area contributed by atoms with Crippen molar-refractivity contribution in [2.45, 2.75) is 63.3 Å². The van der Waals surface area contributed by atoms with Crippen molar-refractivity contribution in [1.82, 2.24) is 20.5 Å². The maximum atomic E-state index is 13.6. The summed E-state index contributed by atoms with van der Waals surface area (Å²) in [5.74, 6) is -0.951. The second kappa shape index (κ2) is 12.2. The summed E-state index contributed by atoms with van der Waals surface area (Å²) in [5, 5.41) is 32.0. The number of benzene rings is 2. The van der Waals surface area contributed by atoms with Crippen LogP contribution in [-0.2, 0) is 6.42 Å². The monoisotopic (exact) mass is 563 g/mol. The van der Waals surface area contributed by atoms with Crippen LogP contribution in [0.4, 0.5) is 5.69 Å². The second-order valence-electron chi connectivity index (χ2n) is 10.5. The first-order valence-electron chi connectivity index (χ1n) is 13.6. The highest BCUT2D eigenvalue weighted by atomic mass is 32.1. The molecule has 0 radical (unpaired) electrons. The third kappa shape index (κ3) is 6.22. The molecule has 3 heterocycles. The van der Waals surface area contributed by atoms with Crippen LogP contribution in [0.5, 0.6) is 0 Å². The second-order valence-corrected chi connectivity index (χ2v) is 11.4. The van der Waals surface area contributed by atoms with Gasteiger partial charge in [0.25, 0.3) is 17.5 Å². The number of carbonyl (C=O) groups is 2. The summed E-state index contributed by atoms with van der Waals surface area (Å²) in [7, 11) is 0. The van der Waals surface area contributed by atoms with Gasteiger partial charge < -0.3 is 20.6 Å². The van der Waals surface area contributed by atoms with E-state index in [0.29, 0.717) is 13.0 Å². The van der Waals surface area contributed by atoms with Gasteiger partial charge in [-0.15, -0.1) is 11.3 Å². The summed E-state index contributed by atoms with van der Waals surface area (Å²) in [6.45, 7) is 3.20. The van der Waals surface area contributed by atoms with Gasteiger partial charge >= 0.3 is 0 Å². The van der Waals surface area contributed by atoms with Gasteiger partial charge in [-0.25, -0.2) is 4.98 Å². The van der Waals surface area contributed by atoms with Crippen LogP contribution >= 0.6 is 11.3 Å². The highest BCUT2D eigenvalue weighted by Gasteiger charge is 2.35. The number of amides is 2. The van der Waals surface area contributed by atoms with Crippen molar-refractivity contribution in [3.63, 3.8) is 0 Å². The van der Waals surface area contributed by atoms with Crippen molar-refractivity contribution in [1.29, 1.82) is 0 Å². The number of aliphatic hydroxyl groups is 1. The zero-order valence-corrected chi connectivity index (χ0v) is 23.1. The Bertz CT molecular complexity index is 1370. The largest absolute Gasteiger partial charge is 0.389 e. The lowest BCUT2D eigenvalue weighted by atomic mass is 9.95. The van der Waals surface area contributed by atoms with Crippen LogP contribution in [0.3, 0.4) is 0 Å². The first-order valence-corrected chi connectivity index (χ1v) is 14.5. The van der Waals surface area contributed by atoms with E-state index in [4.69, 9.17) is 0 Å². The molecule has 2 aliphatic rings. The normalized spacial score (nSPS) is 20.3. The Labute approximate surface area is 236 Å². The van der Waals surface area contributed by atoms with Gasteiger partial charge in [0, 0.05) is 46.9 Å². The molecule has 4 atom stereocenters. The quantitative estimate of drug-likeness (QED) is 0.266. The summed E-state index contributed by atoms with van der Waals surface area (Å²) >= 11 is 1.49. The molecule has 11 heteroatoms. The fourth-order valence-electron chi connectivity index (χ4n) is 5.59. The summed E-state index contributed by atoms with van der Waals surface area (Å²) in [5.41, 5.74) is 1.57. The van der Waals surface area contributed by atoms with Crippen LogP contribution in [0, 0.1) is 17.0 Å². The van der Waals surface area contributed by atoms with Gasteiger partial charge in [0.15, 0.2) is 0 Å². The number of rotatable bonds is 9. The molecule has 2 fully saturated rings. The Morgan fingerprint density at radius 1 is 1.20 bits per heavy atom. The molecule has 4 unspecified atom stereocenters. The van der Waals surface area contributed by atoms with Gasteiger partial charge in [0.1, 0.15) is 5.01 Å². The Hall–Kier alpha value is -3.67. The number of nitro groups is 1. The van der Waals surface area contributed by atoms with Gasteiger partial charge in [-0.2, -0.15) is 0 Å². The zero-order chi connectivity index (χ0) is 28.2. The molecule has 210 valence electrons. The number of hydrogen-bond donors (Lipinski definition) is 3. The maximum Gasteiger partial charge on any atom is 0.271 e. The van der Waals surface area contributed by atoms with Gasteiger partial charge in [0.2, 0.25) is 0 Å². The molecule has 0 saturated carbocycles. The number of aliphatic hydroxyl groups excluding tert-OH is 1. The van der Waals surface area contributed by atoms with Crippen molar-refractivity contribution in [3.05, 3.63) is 91.4 Å². The number of carbonyl (C=O) groups excluding carboxylic acids is 2. The van der Waals surface area contributed by atoms with E-state index in [1.54, 1.807) is 4.90 Å². The highest BCUT2D eigenvalue weighted by Crippen LogP contribution is 2.35. The summed E-state index contributed by atoms with van der Waals surface area (Å²) in [6.07, 6.45) is 2.80. The fraction of sp³-hybridized carbons (Fsp3) is 0.414. The number of non-ortho nitro benzene ring substituents is 1. The molecule has 3 aromatic rings. The number of nitro benzene ring substituents is 1. The molecular weight excluding hydrogens is 530 g/mol. The van der Waals surface area contributed by atoms with Crippen LogP contribution in [-0.4, -0.2) is 63.0 Å². The third-order valence-corrected chi connectivity index (χ3v) is 8.67. The Kier molecular flexibility index (Phi) is 8.53. The lowest BCUT2D eigenvalue weighted by Gasteiger charge is -2.29. The number of nitrogens with zero attached hydrogens (tertiary/aromatic N) is 3. The van der Waals surface area contributed by atoms with Gasteiger partial charge in [-0.3, -0.25) is 19.7 Å². The molecule has 40 heavy (non-hydrogen) atoms. The number of nitrogens with one attached hydrogen (secondary N) is 2. The van der Waals surface area contributed by atoms with Gasteiger partial charge in [-0.1, -0.05) is 30.3 Å². The predicted molar refractivity (Wildman–Crippen MR) is 151 cm³/mol. The molecule has 1 aromatic heterocycles. The van der Waals surface area contributed by atoms with Crippen molar-refractivity contribution < 1.29 is 19.6 Å². The smallest absolute Gasteiger partial charge is 0.271 e. The van der Waals surface area contributed by atoms with E-state index < -0.39 is 23.0 Å². The molecule has 0 bridgehead atoms. The Balaban J connectivity index is 1.41. The van der Waals surface area contributed by atoms with E-state index in [0.717, 1.165) is 48.5 Å². The Morgan fingerprint density at radius 2 is 1.98 bits per heavy atom. The standard InChI is InChI=1S/C29H33N5O5S/c1-18-17-40-28(31-18)25-10-6-12-33(25)29(37)21-14-20(15-22(16-21)34(38)39)27(36)32-24(13-19-7-3-2-4-8-19)26(35)23-9-5-11-30-23/h2-4,7-8,14-17,23-26,30,35H,5-6,9-13H2,1H3,(H,32,36). The number of aromatic nitrogens is 1. The summed E-state index contributed by atoms with van der Waals surface area (Å²) < 4.78 is 0. The molecule has 10 nitrogen and oxygen atoms in total. The predicted octanol–water partition coefficient (Wildman–Crippen LogP) is 3.79. The SMILES string of the molecule is Cc1csc(C2CCCN2C(=O)c2cc(C(=O)NC(Cc3ccccc3)C(O)C3CCCN3)cc([N+](=O)[O-])c2)n1. The fourth-order valence-corrected chi connectivity index (χ4v) is 6.53. The van der Waals surface area contributed by atoms with Gasteiger partial charge in [0.05, 0.1) is 23.1 Å². The lowest BCUT2D eigenvalue weighted by Crippen LogP contribution is -2.52. The van der Waals surface area contributed by atoms with E-state index in [9.17, 15) is 24.8 Å². The van der Waals surface area contributed by atoms with Crippen LogP contribution in [0.15, 0.2) is 53.9 Å². The van der Waals surface area contributed by atoms with Crippen LogP contribution < -0.4 is 10.6 Å². The first-order chi connectivity index (χ1) is 19.3. The molecule has 3 N–H and O–H groups in total. The maximum absolute atomic E-state index is 13.6. The molecule has 2 aliphatic heterocycles. The summed E-state index contributed by atoms with van der Waals surface area (Å²) in [4.78, 5) is 44.6. The average molecular weight is 564 g/mol. The minimum Gasteiger partial charge on any atom is -0.389 e. The van der Waals surface area contributed by atoms with E-state index in [1.807, 2.05) is 42.6 Å². The van der Waals surface area contributed by atoms with E-state index >= 15 is 0 Å². The van der Waals surface area contributed by atoms with E-state index in [1.165, 1.54) is 29.5 Å². The minimum atomic E-state index is -0.862. The zero-order valence-electron chi connectivity index (χ0n) is 22.3. The van der Waals surface area contributed by atoms with Gasteiger partial charge in [-0.05, 0) is 57.2 Å². The van der Waals surface area contributed by atoms with Crippen LogP contribution in [0.1, 0.15) is 68.7 Å². The molecule has 5 rings (SSSR count). The molecular formula is C29H33N5O5S. The van der Waals surface area contributed by atoms with Crippen LogP contribution in [0.25, 0.3) is 0 Å². The van der Waals surface area contributed by atoms with Crippen molar-refractivity contribution in [2.24, 2.45) is 0 Å².